The molecule has 0 unspecified atom stereocenters. The monoisotopic (exact) mass is 420 g/mol. The number of hydrogen-bond acceptors (Lipinski definition) is 4. The van der Waals surface area contributed by atoms with E-state index in [2.05, 4.69) is 4.74 Å². The molecule has 0 heterocycles. The van der Waals surface area contributed by atoms with E-state index in [9.17, 15) is 35.9 Å². The van der Waals surface area contributed by atoms with Gasteiger partial charge >= 0.3 is 24.3 Å². The van der Waals surface area contributed by atoms with Gasteiger partial charge in [-0.3, -0.25) is 9.59 Å². The lowest BCUT2D eigenvalue weighted by molar-refractivity contribution is -0.314. The third-order valence-corrected chi connectivity index (χ3v) is 4.48. The number of carbonyl (C=O) groups is 2. The van der Waals surface area contributed by atoms with Crippen LogP contribution < -0.4 is 0 Å². The highest BCUT2D eigenvalue weighted by Gasteiger charge is 2.60. The minimum absolute atomic E-state index is 0.0357. The smallest absolute Gasteiger partial charge is 0.434 e. The quantitative estimate of drug-likeness (QED) is 0.422. The van der Waals surface area contributed by atoms with E-state index >= 15 is 0 Å². The van der Waals surface area contributed by atoms with Gasteiger partial charge in [-0.1, -0.05) is 27.2 Å². The van der Waals surface area contributed by atoms with E-state index in [0.29, 0.717) is 19.3 Å². The molecular weight excluding hydrogens is 394 g/mol. The molecule has 164 valence electrons. The second-order valence-corrected chi connectivity index (χ2v) is 8.41. The third kappa shape index (κ3) is 8.26. The fourth-order valence-corrected chi connectivity index (χ4v) is 3.04. The van der Waals surface area contributed by atoms with Gasteiger partial charge in [0.1, 0.15) is 5.60 Å². The highest BCUT2D eigenvalue weighted by atomic mass is 19.4. The van der Waals surface area contributed by atoms with Crippen LogP contribution in [0.15, 0.2) is 0 Å². The molecule has 1 aliphatic rings. The van der Waals surface area contributed by atoms with Gasteiger partial charge in [-0.15, -0.1) is 0 Å². The molecule has 0 bridgehead atoms. The number of carbonyl (C=O) groups excluding carboxylic acids is 2. The summed E-state index contributed by atoms with van der Waals surface area (Å²) in [6.07, 6.45) is -13.9. The fourth-order valence-electron chi connectivity index (χ4n) is 3.04. The van der Waals surface area contributed by atoms with Crippen LogP contribution in [0, 0.1) is 5.41 Å². The first-order valence-electron chi connectivity index (χ1n) is 9.09. The summed E-state index contributed by atoms with van der Waals surface area (Å²) >= 11 is 0. The number of halogens is 6. The number of ether oxygens (including phenoxy) is 2. The van der Waals surface area contributed by atoms with Crippen LogP contribution in [-0.4, -0.2) is 36.0 Å². The van der Waals surface area contributed by atoms with Crippen LogP contribution in [0.2, 0.25) is 0 Å². The normalized spacial score (nSPS) is 18.1. The molecule has 0 saturated heterocycles. The largest absolute Gasteiger partial charge is 0.458 e. The van der Waals surface area contributed by atoms with Crippen molar-refractivity contribution in [3.63, 3.8) is 0 Å². The predicted octanol–water partition coefficient (Wildman–Crippen LogP) is 5.49. The summed E-state index contributed by atoms with van der Waals surface area (Å²) in [5.74, 6) is -2.32. The lowest BCUT2D eigenvalue weighted by Crippen LogP contribution is -2.47. The van der Waals surface area contributed by atoms with E-state index in [-0.39, 0.29) is 24.7 Å². The zero-order chi connectivity index (χ0) is 21.8. The zero-order valence-corrected chi connectivity index (χ0v) is 16.1. The Balaban J connectivity index is 2.84. The molecule has 0 N–H and O–H groups in total. The van der Waals surface area contributed by atoms with E-state index in [1.165, 1.54) is 0 Å². The first-order chi connectivity index (χ1) is 12.5. The summed E-state index contributed by atoms with van der Waals surface area (Å²) in [5, 5.41) is 0. The predicted molar refractivity (Wildman–Crippen MR) is 87.2 cm³/mol. The lowest BCUT2D eigenvalue weighted by Gasteiger charge is -2.36. The molecule has 28 heavy (non-hydrogen) atoms. The second-order valence-electron chi connectivity index (χ2n) is 8.41. The van der Waals surface area contributed by atoms with Crippen molar-refractivity contribution >= 4 is 11.9 Å². The van der Waals surface area contributed by atoms with Gasteiger partial charge in [0.2, 0.25) is 0 Å². The molecule has 10 heteroatoms. The van der Waals surface area contributed by atoms with Gasteiger partial charge < -0.3 is 9.47 Å². The zero-order valence-electron chi connectivity index (χ0n) is 16.1. The van der Waals surface area contributed by atoms with Crippen LogP contribution in [0.3, 0.4) is 0 Å². The highest BCUT2D eigenvalue weighted by molar-refractivity contribution is 5.74. The minimum atomic E-state index is -5.78. The maximum atomic E-state index is 12.6. The van der Waals surface area contributed by atoms with Crippen molar-refractivity contribution in [2.75, 3.05) is 0 Å². The summed E-state index contributed by atoms with van der Waals surface area (Å²) in [4.78, 5) is 24.1. The van der Waals surface area contributed by atoms with Crippen LogP contribution in [0.5, 0.6) is 0 Å². The van der Waals surface area contributed by atoms with Crippen LogP contribution in [0.25, 0.3) is 0 Å². The Morgan fingerprint density at radius 2 is 1.39 bits per heavy atom. The Hall–Kier alpha value is -1.48. The van der Waals surface area contributed by atoms with Crippen LogP contribution in [-0.2, 0) is 19.1 Å². The van der Waals surface area contributed by atoms with E-state index in [0.717, 1.165) is 6.42 Å². The molecule has 0 aliphatic heterocycles. The van der Waals surface area contributed by atoms with Crippen molar-refractivity contribution in [3.8, 4) is 0 Å². The maximum Gasteiger partial charge on any atom is 0.434 e. The summed E-state index contributed by atoms with van der Waals surface area (Å²) in [5.41, 5.74) is -1.59. The number of rotatable bonds is 6. The van der Waals surface area contributed by atoms with E-state index in [4.69, 9.17) is 4.74 Å². The van der Waals surface area contributed by atoms with Crippen LogP contribution >= 0.6 is 0 Å². The van der Waals surface area contributed by atoms with Crippen molar-refractivity contribution in [3.05, 3.63) is 0 Å². The average Bonchev–Trinajstić information content (AvgIpc) is 2.48. The van der Waals surface area contributed by atoms with Gasteiger partial charge in [-0.05, 0) is 37.5 Å². The molecular formula is C18H26F6O4. The summed E-state index contributed by atoms with van der Waals surface area (Å²) < 4.78 is 84.7. The Kier molecular flexibility index (Phi) is 7.81. The summed E-state index contributed by atoms with van der Waals surface area (Å²) in [7, 11) is 0. The van der Waals surface area contributed by atoms with Crippen molar-refractivity contribution in [1.82, 2.24) is 0 Å². The van der Waals surface area contributed by atoms with Crippen molar-refractivity contribution in [2.45, 2.75) is 96.2 Å². The number of hydrogen-bond donors (Lipinski definition) is 0. The average molecular weight is 420 g/mol. The number of esters is 2. The van der Waals surface area contributed by atoms with Gasteiger partial charge in [0.15, 0.2) is 0 Å². The van der Waals surface area contributed by atoms with Gasteiger partial charge in [-0.2, -0.15) is 26.3 Å². The number of alkyl halides is 6. The molecule has 0 atom stereocenters. The lowest BCUT2D eigenvalue weighted by atomic mass is 9.82. The molecule has 1 aliphatic carbocycles. The van der Waals surface area contributed by atoms with Gasteiger partial charge in [0, 0.05) is 6.42 Å². The van der Waals surface area contributed by atoms with Crippen molar-refractivity contribution in [2.24, 2.45) is 5.41 Å². The molecule has 0 aromatic carbocycles. The fraction of sp³-hybridized carbons (Fsp3) is 0.889. The summed E-state index contributed by atoms with van der Waals surface area (Å²) in [6.45, 7) is 5.72. The molecule has 1 rings (SSSR count). The third-order valence-electron chi connectivity index (χ3n) is 4.48. The minimum Gasteiger partial charge on any atom is -0.458 e. The molecule has 0 aromatic rings. The molecule has 1 saturated carbocycles. The molecule has 4 nitrogen and oxygen atoms in total. The van der Waals surface area contributed by atoms with Crippen molar-refractivity contribution in [1.29, 1.82) is 0 Å². The van der Waals surface area contributed by atoms with Crippen molar-refractivity contribution < 1.29 is 45.4 Å². The standard InChI is InChI=1S/C18H26F6O4/c1-15(2,3)10-7-12(25)28-16(8-5-4-6-9-16)11-13(26)27-14(17(19,20)21)18(22,23)24/h14H,4-11H2,1-3H3. The Labute approximate surface area is 159 Å². The molecule has 0 spiro atoms. The van der Waals surface area contributed by atoms with Gasteiger partial charge in [0.05, 0.1) is 6.42 Å². The molecule has 1 fully saturated rings. The van der Waals surface area contributed by atoms with E-state index in [1.807, 2.05) is 20.8 Å². The SMILES string of the molecule is CC(C)(C)CCC(=O)OC1(CC(=O)OC(C(F)(F)F)C(F)(F)F)CCCCC1. The highest BCUT2D eigenvalue weighted by Crippen LogP contribution is 2.39. The molecule has 0 amide bonds. The first-order valence-corrected chi connectivity index (χ1v) is 9.09. The Bertz CT molecular complexity index is 528. The molecule has 0 aromatic heterocycles. The molecule has 0 radical (unpaired) electrons. The van der Waals surface area contributed by atoms with Crippen LogP contribution in [0.1, 0.15) is 72.1 Å². The van der Waals surface area contributed by atoms with Gasteiger partial charge in [-0.25, -0.2) is 0 Å². The second kappa shape index (κ2) is 8.90. The first kappa shape index (κ1) is 24.6. The Morgan fingerprint density at radius 1 is 0.893 bits per heavy atom. The van der Waals surface area contributed by atoms with Crippen LogP contribution in [0.4, 0.5) is 26.3 Å². The summed E-state index contributed by atoms with van der Waals surface area (Å²) in [6, 6.07) is 0. The Morgan fingerprint density at radius 3 is 1.82 bits per heavy atom. The topological polar surface area (TPSA) is 52.6 Å². The van der Waals surface area contributed by atoms with Gasteiger partial charge in [0.25, 0.3) is 6.10 Å². The van der Waals surface area contributed by atoms with E-state index < -0.39 is 42.4 Å². The maximum absolute atomic E-state index is 12.6. The van der Waals surface area contributed by atoms with E-state index in [1.54, 1.807) is 0 Å².